The van der Waals surface area contributed by atoms with Crippen LogP contribution in [0.2, 0.25) is 0 Å². The van der Waals surface area contributed by atoms with Crippen LogP contribution in [-0.4, -0.2) is 10.7 Å². The van der Waals surface area contributed by atoms with Gasteiger partial charge in [-0.05, 0) is 122 Å². The lowest BCUT2D eigenvalue weighted by Gasteiger charge is -2.21. The van der Waals surface area contributed by atoms with Crippen molar-refractivity contribution < 1.29 is 4.79 Å². The topological polar surface area (TPSA) is 36.4 Å². The van der Waals surface area contributed by atoms with Crippen molar-refractivity contribution in [2.45, 2.75) is 446 Å². The van der Waals surface area contributed by atoms with Gasteiger partial charge in [0.2, 0.25) is 0 Å². The zero-order valence-corrected chi connectivity index (χ0v) is 59.9. The minimum Gasteiger partial charge on any atom is -0.348 e. The molecule has 0 saturated heterocycles. The molecule has 500 valence electrons. The molecule has 0 spiro atoms. The summed E-state index contributed by atoms with van der Waals surface area (Å²) in [6.07, 6.45) is 85.4. The summed E-state index contributed by atoms with van der Waals surface area (Å²) in [4.78, 5) is 3.71. The van der Waals surface area contributed by atoms with Gasteiger partial charge in [-0.3, -0.25) is 0 Å². The van der Waals surface area contributed by atoms with Crippen LogP contribution >= 0.6 is 0 Å². The molecule has 2 aromatic carbocycles. The predicted molar refractivity (Wildman–Crippen MR) is 392 cm³/mol. The Balaban J connectivity index is 2.18. The standard InChI is InChI=1S/C85H150N2/c1-7-13-19-23-25-27-29-31-33-35-37-39-41-43-45-47-49-51-53-55-57-62-66-79-71-80(67-63-58-56-54-52-50-48-46-44-42-40-38-36-34-32-30-28-26-24-20-14-8-2)75-83(74-79)85(84(69-18-12-6)81(76-87-86)68-59-17-11-5)82-72-77(64-60-21-15-9-3)70-78(73-82)65-61-22-16-10-4/h70-75H,7-69H2,1-6H3. The van der Waals surface area contributed by atoms with Crippen LogP contribution < -0.4 is 0 Å². The second kappa shape index (κ2) is 62.2. The molecular formula is C85H150N2. The highest BCUT2D eigenvalue weighted by Gasteiger charge is 2.21. The van der Waals surface area contributed by atoms with E-state index in [2.05, 4.69) is 88.6 Å². The van der Waals surface area contributed by atoms with Crippen molar-refractivity contribution in [3.05, 3.63) is 86.5 Å². The third-order valence-electron chi connectivity index (χ3n) is 19.6. The molecule has 0 aliphatic heterocycles. The molecule has 2 rings (SSSR count). The summed E-state index contributed by atoms with van der Waals surface area (Å²) in [6, 6.07) is 15.6. The lowest BCUT2D eigenvalue weighted by Crippen LogP contribution is -2.04. The second-order valence-corrected chi connectivity index (χ2v) is 28.2. The molecule has 2 nitrogen and oxygen atoms in total. The Hall–Kier alpha value is -2.66. The number of hydrogen-bond acceptors (Lipinski definition) is 0. The van der Waals surface area contributed by atoms with Gasteiger partial charge in [-0.2, -0.15) is 0 Å². The lowest BCUT2D eigenvalue weighted by atomic mass is 9.82. The van der Waals surface area contributed by atoms with Crippen LogP contribution in [0.25, 0.3) is 11.1 Å². The third-order valence-corrected chi connectivity index (χ3v) is 19.6. The molecule has 0 unspecified atom stereocenters. The van der Waals surface area contributed by atoms with Gasteiger partial charge in [0.15, 0.2) is 0 Å². The van der Waals surface area contributed by atoms with Crippen LogP contribution in [0.1, 0.15) is 454 Å². The molecule has 0 aromatic heterocycles. The average Bonchev–Trinajstić information content (AvgIpc) is 2.16. The van der Waals surface area contributed by atoms with Gasteiger partial charge in [0.25, 0.3) is 0 Å². The highest BCUT2D eigenvalue weighted by Crippen LogP contribution is 2.38. The molecule has 0 bridgehead atoms. The van der Waals surface area contributed by atoms with E-state index in [1.54, 1.807) is 0 Å². The van der Waals surface area contributed by atoms with Gasteiger partial charge in [0.05, 0.1) is 5.57 Å². The van der Waals surface area contributed by atoms with Crippen LogP contribution in [0.3, 0.4) is 0 Å². The number of rotatable bonds is 66. The Labute approximate surface area is 545 Å². The summed E-state index contributed by atoms with van der Waals surface area (Å²) in [5, 5.41) is 0. The van der Waals surface area contributed by atoms with Gasteiger partial charge in [-0.1, -0.05) is 405 Å². The Kier molecular flexibility index (Phi) is 57.5. The summed E-state index contributed by atoms with van der Waals surface area (Å²) in [5.41, 5.74) is 23.1. The number of hydrogen-bond donors (Lipinski definition) is 0. The predicted octanol–water partition coefficient (Wildman–Crippen LogP) is 29.6. The number of unbranched alkanes of at least 4 members (excludes halogenated alkanes) is 51. The quantitative estimate of drug-likeness (QED) is 0.0208. The molecule has 0 amide bonds. The van der Waals surface area contributed by atoms with Crippen molar-refractivity contribution in [2.75, 3.05) is 0 Å². The summed E-state index contributed by atoms with van der Waals surface area (Å²) in [6.45, 7) is 13.9. The molecule has 0 N–H and O–H groups in total. The largest absolute Gasteiger partial charge is 0.348 e. The first kappa shape index (κ1) is 80.4. The van der Waals surface area contributed by atoms with E-state index in [1.165, 1.54) is 391 Å². The maximum atomic E-state index is 10.3. The highest BCUT2D eigenvalue weighted by molar-refractivity contribution is 5.87. The Morgan fingerprint density at radius 2 is 0.460 bits per heavy atom. The maximum absolute atomic E-state index is 10.3. The Morgan fingerprint density at radius 3 is 0.690 bits per heavy atom. The summed E-state index contributed by atoms with van der Waals surface area (Å²) in [7, 11) is 0. The number of nitrogens with zero attached hydrogens (tertiary/aromatic N) is 2. The summed E-state index contributed by atoms with van der Waals surface area (Å²) in [5.74, 6) is 3.25. The molecule has 0 aliphatic carbocycles. The third kappa shape index (κ3) is 46.1. The van der Waals surface area contributed by atoms with Crippen molar-refractivity contribution in [3.8, 4) is 0 Å². The van der Waals surface area contributed by atoms with Crippen LogP contribution in [0.4, 0.5) is 0 Å². The number of benzene rings is 2. The van der Waals surface area contributed by atoms with Crippen molar-refractivity contribution in [1.82, 2.24) is 0 Å². The van der Waals surface area contributed by atoms with Crippen LogP contribution in [-0.2, 0) is 25.7 Å². The Bertz CT molecular complexity index is 1840. The van der Waals surface area contributed by atoms with Crippen LogP contribution in [0.15, 0.2) is 47.5 Å². The van der Waals surface area contributed by atoms with Gasteiger partial charge in [-0.25, -0.2) is 0 Å². The van der Waals surface area contributed by atoms with Crippen molar-refractivity contribution in [2.24, 2.45) is 0 Å². The summed E-state index contributed by atoms with van der Waals surface area (Å²) >= 11 is 0. The van der Waals surface area contributed by atoms with Gasteiger partial charge in [0, 0.05) is 0 Å². The summed E-state index contributed by atoms with van der Waals surface area (Å²) < 4.78 is 0. The first-order chi connectivity index (χ1) is 43.0. The molecule has 0 aliphatic rings. The number of aryl methyl sites for hydroxylation is 4. The average molecular weight is 1200 g/mol. The molecule has 0 atom stereocenters. The van der Waals surface area contributed by atoms with Crippen LogP contribution in [0, 0.1) is 0 Å². The number of allylic oxidation sites excluding steroid dienone is 2. The molecule has 0 radical (unpaired) electrons. The molecular weight excluding hydrogens is 1050 g/mol. The molecule has 2 heteroatoms. The van der Waals surface area contributed by atoms with Crippen molar-refractivity contribution >= 4 is 11.4 Å². The van der Waals surface area contributed by atoms with Gasteiger partial charge >= 0.3 is 5.87 Å². The zero-order chi connectivity index (χ0) is 62.4. The van der Waals surface area contributed by atoms with E-state index in [1.807, 2.05) is 0 Å². The molecule has 87 heavy (non-hydrogen) atoms. The zero-order valence-electron chi connectivity index (χ0n) is 59.9. The fourth-order valence-corrected chi connectivity index (χ4v) is 14.0. The van der Waals surface area contributed by atoms with E-state index in [-0.39, 0.29) is 0 Å². The smallest absolute Gasteiger partial charge is 0.303 e. The molecule has 0 fully saturated rings. The minimum absolute atomic E-state index is 0.909. The monoisotopic (exact) mass is 1200 g/mol. The normalized spacial score (nSPS) is 11.8. The first-order valence-electron chi connectivity index (χ1n) is 40.0. The fraction of sp³-hybridized carbons (Fsp3) is 0.812. The fourth-order valence-electron chi connectivity index (χ4n) is 14.0. The van der Waals surface area contributed by atoms with Gasteiger partial charge < -0.3 is 5.53 Å². The van der Waals surface area contributed by atoms with E-state index in [4.69, 9.17) is 0 Å². The second-order valence-electron chi connectivity index (χ2n) is 28.2. The lowest BCUT2D eigenvalue weighted by molar-refractivity contribution is 0.00739. The Morgan fingerprint density at radius 1 is 0.253 bits per heavy atom. The first-order valence-corrected chi connectivity index (χ1v) is 40.0. The van der Waals surface area contributed by atoms with E-state index in [0.29, 0.717) is 0 Å². The van der Waals surface area contributed by atoms with Gasteiger partial charge in [0.1, 0.15) is 0 Å². The SMILES string of the molecule is CCCCCCCCCCCCCCCCCCCCCCCCc1cc(CCCCCCCCCCCCCCCCCCCCCCCC)cc(C(=C(CCCC)C(=C=[N+]=[N-])CCCCC)c2cc(CCCCCC)cc(CCCCCC)c2)c1. The van der Waals surface area contributed by atoms with E-state index < -0.39 is 0 Å². The highest BCUT2D eigenvalue weighted by atomic mass is 14.8. The van der Waals surface area contributed by atoms with E-state index in [9.17, 15) is 5.53 Å². The molecule has 0 saturated carbocycles. The minimum atomic E-state index is 0.909. The van der Waals surface area contributed by atoms with Crippen molar-refractivity contribution in [3.63, 3.8) is 0 Å². The van der Waals surface area contributed by atoms with Gasteiger partial charge in [-0.15, -0.1) is 4.79 Å². The van der Waals surface area contributed by atoms with E-state index in [0.717, 1.165) is 63.4 Å². The molecule has 0 heterocycles. The van der Waals surface area contributed by atoms with Crippen molar-refractivity contribution in [1.29, 1.82) is 0 Å². The maximum Gasteiger partial charge on any atom is 0.303 e. The van der Waals surface area contributed by atoms with Crippen LogP contribution in [0.5, 0.6) is 0 Å². The molecule has 2 aromatic rings. The van der Waals surface area contributed by atoms with E-state index >= 15 is 0 Å².